The standard InChI is InChI=1S/C17H23Cl2N3O2/c1-17(8-21-9-17)16(24)22-4-2-10(3-5-22)15(20)11-6-12(18)13(19)7-14(11)23/h6-7,10,15,21,23H,2-5,8-9,20H2,1H3/t15-/m1/s1. The summed E-state index contributed by atoms with van der Waals surface area (Å²) in [7, 11) is 0. The zero-order chi connectivity index (χ0) is 17.5. The molecule has 132 valence electrons. The van der Waals surface area contributed by atoms with E-state index in [-0.39, 0.29) is 29.0 Å². The van der Waals surface area contributed by atoms with Gasteiger partial charge in [0.2, 0.25) is 5.91 Å². The number of benzene rings is 1. The fraction of sp³-hybridized carbons (Fsp3) is 0.588. The number of hydrogen-bond donors (Lipinski definition) is 3. The Labute approximate surface area is 152 Å². The monoisotopic (exact) mass is 371 g/mol. The second kappa shape index (κ2) is 6.71. The van der Waals surface area contributed by atoms with Crippen molar-refractivity contribution in [2.75, 3.05) is 26.2 Å². The van der Waals surface area contributed by atoms with E-state index < -0.39 is 0 Å². The lowest BCUT2D eigenvalue weighted by atomic mass is 9.80. The number of carbonyl (C=O) groups is 1. The number of phenolic OH excluding ortho intramolecular Hbond substituents is 1. The molecule has 3 rings (SSSR count). The number of likely N-dealkylation sites (tertiary alicyclic amines) is 1. The van der Waals surface area contributed by atoms with E-state index in [4.69, 9.17) is 28.9 Å². The summed E-state index contributed by atoms with van der Waals surface area (Å²) in [6, 6.07) is 2.75. The number of rotatable bonds is 3. The van der Waals surface area contributed by atoms with Gasteiger partial charge in [0.25, 0.3) is 0 Å². The van der Waals surface area contributed by atoms with Gasteiger partial charge in [-0.3, -0.25) is 4.79 Å². The Hall–Kier alpha value is -1.01. The van der Waals surface area contributed by atoms with Crippen LogP contribution in [0.15, 0.2) is 12.1 Å². The number of nitrogens with one attached hydrogen (secondary N) is 1. The number of piperidine rings is 1. The molecule has 7 heteroatoms. The Morgan fingerprint density at radius 1 is 1.33 bits per heavy atom. The molecule has 2 aliphatic heterocycles. The van der Waals surface area contributed by atoms with Crippen LogP contribution in [-0.4, -0.2) is 42.1 Å². The summed E-state index contributed by atoms with van der Waals surface area (Å²) in [6.07, 6.45) is 1.63. The molecule has 1 aromatic carbocycles. The maximum Gasteiger partial charge on any atom is 0.231 e. The van der Waals surface area contributed by atoms with Gasteiger partial charge >= 0.3 is 0 Å². The molecule has 0 aromatic heterocycles. The molecule has 0 unspecified atom stereocenters. The van der Waals surface area contributed by atoms with E-state index in [0.29, 0.717) is 28.7 Å². The van der Waals surface area contributed by atoms with Crippen molar-refractivity contribution in [2.24, 2.45) is 17.1 Å². The third kappa shape index (κ3) is 3.23. The van der Waals surface area contributed by atoms with Crippen LogP contribution in [0.5, 0.6) is 5.75 Å². The van der Waals surface area contributed by atoms with Crippen LogP contribution in [0, 0.1) is 11.3 Å². The second-order valence-corrected chi connectivity index (χ2v) is 7.96. The number of hydrogen-bond acceptors (Lipinski definition) is 4. The molecule has 1 aromatic rings. The van der Waals surface area contributed by atoms with Crippen LogP contribution in [0.1, 0.15) is 31.4 Å². The van der Waals surface area contributed by atoms with E-state index in [0.717, 1.165) is 25.9 Å². The molecule has 0 aliphatic carbocycles. The first-order valence-corrected chi connectivity index (χ1v) is 9.01. The number of amides is 1. The molecule has 2 fully saturated rings. The largest absolute Gasteiger partial charge is 0.508 e. The van der Waals surface area contributed by atoms with E-state index in [1.54, 1.807) is 6.07 Å². The highest BCUT2D eigenvalue weighted by atomic mass is 35.5. The lowest BCUT2D eigenvalue weighted by Crippen LogP contribution is -2.61. The van der Waals surface area contributed by atoms with Gasteiger partial charge in [-0.1, -0.05) is 23.2 Å². The number of nitrogens with zero attached hydrogens (tertiary/aromatic N) is 1. The lowest BCUT2D eigenvalue weighted by Gasteiger charge is -2.44. The van der Waals surface area contributed by atoms with Crippen LogP contribution in [0.25, 0.3) is 0 Å². The predicted molar refractivity (Wildman–Crippen MR) is 95.3 cm³/mol. The van der Waals surface area contributed by atoms with Crippen LogP contribution < -0.4 is 11.1 Å². The maximum absolute atomic E-state index is 12.6. The number of aromatic hydroxyl groups is 1. The van der Waals surface area contributed by atoms with Crippen molar-refractivity contribution in [3.05, 3.63) is 27.7 Å². The SMILES string of the molecule is CC1(C(=O)N2CCC([C@@H](N)c3cc(Cl)c(Cl)cc3O)CC2)CNC1. The second-order valence-electron chi connectivity index (χ2n) is 7.14. The summed E-state index contributed by atoms with van der Waals surface area (Å²) < 4.78 is 0. The van der Waals surface area contributed by atoms with Crippen LogP contribution in [0.4, 0.5) is 0 Å². The summed E-state index contributed by atoms with van der Waals surface area (Å²) in [5, 5.41) is 14.0. The normalized spacial score (nSPS) is 22.1. The van der Waals surface area contributed by atoms with Crippen LogP contribution in [0.2, 0.25) is 10.0 Å². The molecule has 0 saturated carbocycles. The minimum atomic E-state index is -0.321. The smallest absolute Gasteiger partial charge is 0.231 e. The molecular formula is C17H23Cl2N3O2. The summed E-state index contributed by atoms with van der Waals surface area (Å²) in [4.78, 5) is 14.5. The lowest BCUT2D eigenvalue weighted by molar-refractivity contribution is -0.145. The third-order valence-electron chi connectivity index (χ3n) is 5.31. The van der Waals surface area contributed by atoms with E-state index in [9.17, 15) is 9.90 Å². The molecular weight excluding hydrogens is 349 g/mol. The number of nitrogens with two attached hydrogens (primary N) is 1. The van der Waals surface area contributed by atoms with Gasteiger partial charge in [-0.05, 0) is 31.7 Å². The number of carbonyl (C=O) groups excluding carboxylic acids is 1. The van der Waals surface area contributed by atoms with Crippen molar-refractivity contribution in [1.82, 2.24) is 10.2 Å². The van der Waals surface area contributed by atoms with Crippen molar-refractivity contribution in [2.45, 2.75) is 25.8 Å². The average Bonchev–Trinajstić information content (AvgIpc) is 2.55. The van der Waals surface area contributed by atoms with Gasteiger partial charge in [0.05, 0.1) is 15.5 Å². The topological polar surface area (TPSA) is 78.6 Å². The molecule has 2 aliphatic rings. The summed E-state index contributed by atoms with van der Waals surface area (Å²) >= 11 is 12.0. The van der Waals surface area contributed by atoms with Gasteiger partial charge < -0.3 is 21.1 Å². The molecule has 5 nitrogen and oxygen atoms in total. The van der Waals surface area contributed by atoms with Crippen molar-refractivity contribution in [3.8, 4) is 5.75 Å². The van der Waals surface area contributed by atoms with Crippen molar-refractivity contribution in [3.63, 3.8) is 0 Å². The van der Waals surface area contributed by atoms with Crippen molar-refractivity contribution in [1.29, 1.82) is 0 Å². The highest BCUT2D eigenvalue weighted by molar-refractivity contribution is 6.42. The minimum absolute atomic E-state index is 0.0726. The Bertz CT molecular complexity index is 641. The first kappa shape index (κ1) is 17.8. The molecule has 2 heterocycles. The molecule has 0 bridgehead atoms. The van der Waals surface area contributed by atoms with Gasteiger partial charge in [-0.2, -0.15) is 0 Å². The molecule has 1 amide bonds. The first-order chi connectivity index (χ1) is 11.3. The van der Waals surface area contributed by atoms with Gasteiger partial charge in [0.15, 0.2) is 0 Å². The van der Waals surface area contributed by atoms with Crippen LogP contribution in [-0.2, 0) is 4.79 Å². The first-order valence-electron chi connectivity index (χ1n) is 8.25. The fourth-order valence-corrected chi connectivity index (χ4v) is 3.90. The van der Waals surface area contributed by atoms with Crippen molar-refractivity contribution >= 4 is 29.1 Å². The zero-order valence-electron chi connectivity index (χ0n) is 13.7. The zero-order valence-corrected chi connectivity index (χ0v) is 15.2. The Morgan fingerprint density at radius 3 is 2.46 bits per heavy atom. The van der Waals surface area contributed by atoms with E-state index >= 15 is 0 Å². The highest BCUT2D eigenvalue weighted by Gasteiger charge is 2.43. The Balaban J connectivity index is 1.64. The van der Waals surface area contributed by atoms with E-state index in [1.807, 2.05) is 11.8 Å². The molecule has 2 saturated heterocycles. The molecule has 0 radical (unpaired) electrons. The molecule has 0 spiro atoms. The Morgan fingerprint density at radius 2 is 1.92 bits per heavy atom. The maximum atomic E-state index is 12.6. The van der Waals surface area contributed by atoms with Gasteiger partial charge in [-0.25, -0.2) is 0 Å². The fourth-order valence-electron chi connectivity index (χ4n) is 3.57. The van der Waals surface area contributed by atoms with Gasteiger partial charge in [0, 0.05) is 43.9 Å². The van der Waals surface area contributed by atoms with Gasteiger partial charge in [-0.15, -0.1) is 0 Å². The van der Waals surface area contributed by atoms with E-state index in [2.05, 4.69) is 5.32 Å². The van der Waals surface area contributed by atoms with Crippen LogP contribution >= 0.6 is 23.2 Å². The summed E-state index contributed by atoms with van der Waals surface area (Å²) in [5.41, 5.74) is 6.72. The molecule has 4 N–H and O–H groups in total. The molecule has 24 heavy (non-hydrogen) atoms. The quantitative estimate of drug-likeness (QED) is 0.762. The molecule has 1 atom stereocenters. The highest BCUT2D eigenvalue weighted by Crippen LogP contribution is 2.38. The number of phenols is 1. The summed E-state index contributed by atoms with van der Waals surface area (Å²) in [5.74, 6) is 0.499. The summed E-state index contributed by atoms with van der Waals surface area (Å²) in [6.45, 7) is 4.92. The predicted octanol–water partition coefficient (Wildman–Crippen LogP) is 2.55. The third-order valence-corrected chi connectivity index (χ3v) is 6.03. The average molecular weight is 372 g/mol. The van der Waals surface area contributed by atoms with Gasteiger partial charge in [0.1, 0.15) is 5.75 Å². The van der Waals surface area contributed by atoms with Crippen LogP contribution in [0.3, 0.4) is 0 Å². The van der Waals surface area contributed by atoms with Crippen molar-refractivity contribution < 1.29 is 9.90 Å². The Kier molecular flexibility index (Phi) is 4.98. The van der Waals surface area contributed by atoms with E-state index in [1.165, 1.54) is 6.07 Å². The minimum Gasteiger partial charge on any atom is -0.508 e. The number of halogens is 2.